The molecule has 0 atom stereocenters. The molecule has 0 saturated heterocycles. The van der Waals surface area contributed by atoms with Crippen LogP contribution >= 0.6 is 23.1 Å². The highest BCUT2D eigenvalue weighted by molar-refractivity contribution is 8.01. The van der Waals surface area contributed by atoms with Crippen LogP contribution in [-0.4, -0.2) is 4.98 Å². The molecule has 2 nitrogen and oxygen atoms in total. The minimum Gasteiger partial charge on any atom is -0.389 e. The van der Waals surface area contributed by atoms with E-state index in [1.807, 2.05) is 0 Å². The van der Waals surface area contributed by atoms with Crippen molar-refractivity contribution in [2.45, 2.75) is 9.24 Å². The van der Waals surface area contributed by atoms with Crippen molar-refractivity contribution in [3.05, 3.63) is 48.7 Å². The summed E-state index contributed by atoms with van der Waals surface area (Å²) < 4.78 is 0.984. The summed E-state index contributed by atoms with van der Waals surface area (Å²) >= 11 is 3.17. The number of rotatable bonds is 2. The summed E-state index contributed by atoms with van der Waals surface area (Å²) in [5.74, 6) is 0. The van der Waals surface area contributed by atoms with Gasteiger partial charge >= 0.3 is 0 Å². The standard InChI is InChI=1S/C13H10N2S2/c14-12-8-15-13(17-12)16-11-6-5-9-3-1-2-4-10(9)7-11/h1-8H,14H2. The summed E-state index contributed by atoms with van der Waals surface area (Å²) in [5, 5.41) is 3.27. The fraction of sp³-hybridized carbons (Fsp3) is 0. The van der Waals surface area contributed by atoms with Gasteiger partial charge in [0.2, 0.25) is 0 Å². The molecule has 0 fully saturated rings. The normalized spacial score (nSPS) is 10.8. The summed E-state index contributed by atoms with van der Waals surface area (Å²) in [7, 11) is 0. The molecule has 17 heavy (non-hydrogen) atoms. The maximum absolute atomic E-state index is 5.67. The molecule has 4 heteroatoms. The molecule has 1 heterocycles. The van der Waals surface area contributed by atoms with Gasteiger partial charge in [0.25, 0.3) is 0 Å². The molecule has 3 rings (SSSR count). The SMILES string of the molecule is Nc1cnc(Sc2ccc3ccccc3c2)s1. The fourth-order valence-electron chi connectivity index (χ4n) is 1.65. The lowest BCUT2D eigenvalue weighted by Gasteiger charge is -2.01. The number of anilines is 1. The van der Waals surface area contributed by atoms with Crippen molar-refractivity contribution in [2.24, 2.45) is 0 Å². The van der Waals surface area contributed by atoms with Gasteiger partial charge in [-0.05, 0) is 22.9 Å². The lowest BCUT2D eigenvalue weighted by atomic mass is 10.1. The zero-order valence-electron chi connectivity index (χ0n) is 8.96. The summed E-state index contributed by atoms with van der Waals surface area (Å²) in [6.45, 7) is 0. The van der Waals surface area contributed by atoms with Crippen LogP contribution in [-0.2, 0) is 0 Å². The molecular formula is C13H10N2S2. The van der Waals surface area contributed by atoms with Gasteiger partial charge in [0.05, 0.1) is 6.20 Å². The van der Waals surface area contributed by atoms with Gasteiger partial charge in [-0.1, -0.05) is 53.4 Å². The lowest BCUT2D eigenvalue weighted by Crippen LogP contribution is -1.74. The molecule has 0 bridgehead atoms. The van der Waals surface area contributed by atoms with Crippen LogP contribution in [0.5, 0.6) is 0 Å². The van der Waals surface area contributed by atoms with Gasteiger partial charge in [-0.2, -0.15) is 0 Å². The Bertz CT molecular complexity index is 661. The second kappa shape index (κ2) is 4.39. The highest BCUT2D eigenvalue weighted by atomic mass is 32.2. The summed E-state index contributed by atoms with van der Waals surface area (Å²) in [6.07, 6.45) is 1.70. The third-order valence-electron chi connectivity index (χ3n) is 2.43. The molecule has 0 aliphatic rings. The zero-order valence-corrected chi connectivity index (χ0v) is 10.6. The molecule has 0 radical (unpaired) electrons. The van der Waals surface area contributed by atoms with Crippen LogP contribution in [0.1, 0.15) is 0 Å². The maximum atomic E-state index is 5.67. The van der Waals surface area contributed by atoms with E-state index in [-0.39, 0.29) is 0 Å². The van der Waals surface area contributed by atoms with Gasteiger partial charge in [-0.25, -0.2) is 4.98 Å². The molecule has 0 aliphatic carbocycles. The Balaban J connectivity index is 1.95. The van der Waals surface area contributed by atoms with Crippen LogP contribution in [0.2, 0.25) is 0 Å². The van der Waals surface area contributed by atoms with Crippen LogP contribution in [0.15, 0.2) is 57.9 Å². The predicted molar refractivity (Wildman–Crippen MR) is 74.6 cm³/mol. The largest absolute Gasteiger partial charge is 0.389 e. The van der Waals surface area contributed by atoms with Gasteiger partial charge in [-0.15, -0.1) is 0 Å². The third-order valence-corrected chi connectivity index (χ3v) is 4.32. The van der Waals surface area contributed by atoms with E-state index < -0.39 is 0 Å². The number of thiazole rings is 1. The van der Waals surface area contributed by atoms with E-state index in [0.29, 0.717) is 0 Å². The van der Waals surface area contributed by atoms with Gasteiger partial charge in [-0.3, -0.25) is 0 Å². The maximum Gasteiger partial charge on any atom is 0.156 e. The molecule has 84 valence electrons. The molecule has 0 spiro atoms. The Morgan fingerprint density at radius 1 is 1.06 bits per heavy atom. The van der Waals surface area contributed by atoms with E-state index in [9.17, 15) is 0 Å². The van der Waals surface area contributed by atoms with Crippen molar-refractivity contribution in [3.8, 4) is 0 Å². The number of aromatic nitrogens is 1. The average Bonchev–Trinajstić information content (AvgIpc) is 2.75. The monoisotopic (exact) mass is 258 g/mol. The Morgan fingerprint density at radius 3 is 2.65 bits per heavy atom. The first kappa shape index (κ1) is 10.6. The minimum absolute atomic E-state index is 0.758. The Morgan fingerprint density at radius 2 is 1.88 bits per heavy atom. The zero-order chi connectivity index (χ0) is 11.7. The fourth-order valence-corrected chi connectivity index (χ4v) is 3.43. The highest BCUT2D eigenvalue weighted by Crippen LogP contribution is 2.33. The van der Waals surface area contributed by atoms with E-state index in [1.165, 1.54) is 27.0 Å². The van der Waals surface area contributed by atoms with Crippen molar-refractivity contribution in [1.82, 2.24) is 4.98 Å². The number of nitrogen functional groups attached to an aromatic ring is 1. The molecular weight excluding hydrogens is 248 g/mol. The Kier molecular flexibility index (Phi) is 2.74. The van der Waals surface area contributed by atoms with E-state index in [0.717, 1.165) is 9.34 Å². The molecule has 0 unspecified atom stereocenters. The molecule has 2 N–H and O–H groups in total. The number of fused-ring (bicyclic) bond motifs is 1. The second-order valence-corrected chi connectivity index (χ2v) is 6.02. The number of hydrogen-bond acceptors (Lipinski definition) is 4. The topological polar surface area (TPSA) is 38.9 Å². The van der Waals surface area contributed by atoms with Crippen molar-refractivity contribution in [2.75, 3.05) is 5.73 Å². The number of nitrogens with two attached hydrogens (primary N) is 1. The van der Waals surface area contributed by atoms with Crippen LogP contribution in [0.4, 0.5) is 5.00 Å². The predicted octanol–water partition coefficient (Wildman–Crippen LogP) is 4.03. The van der Waals surface area contributed by atoms with Crippen molar-refractivity contribution in [1.29, 1.82) is 0 Å². The van der Waals surface area contributed by atoms with Gasteiger partial charge in [0, 0.05) is 4.90 Å². The van der Waals surface area contributed by atoms with Gasteiger partial charge < -0.3 is 5.73 Å². The first-order chi connectivity index (χ1) is 8.31. The molecule has 3 aromatic rings. The second-order valence-electron chi connectivity index (χ2n) is 3.64. The summed E-state index contributed by atoms with van der Waals surface area (Å²) in [4.78, 5) is 5.44. The molecule has 0 amide bonds. The molecule has 0 aliphatic heterocycles. The molecule has 2 aromatic carbocycles. The van der Waals surface area contributed by atoms with E-state index >= 15 is 0 Å². The smallest absolute Gasteiger partial charge is 0.156 e. The number of hydrogen-bond donors (Lipinski definition) is 1. The van der Waals surface area contributed by atoms with Crippen molar-refractivity contribution >= 4 is 38.9 Å². The van der Waals surface area contributed by atoms with Crippen molar-refractivity contribution < 1.29 is 0 Å². The third kappa shape index (κ3) is 2.28. The minimum atomic E-state index is 0.758. The molecule has 0 saturated carbocycles. The van der Waals surface area contributed by atoms with Crippen LogP contribution in [0.25, 0.3) is 10.8 Å². The quantitative estimate of drug-likeness (QED) is 0.754. The van der Waals surface area contributed by atoms with Crippen LogP contribution in [0.3, 0.4) is 0 Å². The summed E-state index contributed by atoms with van der Waals surface area (Å²) in [6, 6.07) is 14.8. The average molecular weight is 258 g/mol. The Labute approximate surface area is 107 Å². The van der Waals surface area contributed by atoms with E-state index in [1.54, 1.807) is 18.0 Å². The first-order valence-electron chi connectivity index (χ1n) is 5.19. The highest BCUT2D eigenvalue weighted by Gasteiger charge is 2.02. The van der Waals surface area contributed by atoms with E-state index in [4.69, 9.17) is 5.73 Å². The summed E-state index contributed by atoms with van der Waals surface area (Å²) in [5.41, 5.74) is 5.67. The Hall–Kier alpha value is -1.52. The number of nitrogens with zero attached hydrogens (tertiary/aromatic N) is 1. The lowest BCUT2D eigenvalue weighted by molar-refractivity contribution is 1.25. The van der Waals surface area contributed by atoms with Gasteiger partial charge in [0.15, 0.2) is 4.34 Å². The molecule has 1 aromatic heterocycles. The van der Waals surface area contributed by atoms with Crippen LogP contribution < -0.4 is 5.73 Å². The number of benzene rings is 2. The first-order valence-corrected chi connectivity index (χ1v) is 6.82. The van der Waals surface area contributed by atoms with E-state index in [2.05, 4.69) is 47.4 Å². The van der Waals surface area contributed by atoms with Crippen LogP contribution in [0, 0.1) is 0 Å². The van der Waals surface area contributed by atoms with Crippen molar-refractivity contribution in [3.63, 3.8) is 0 Å². The van der Waals surface area contributed by atoms with Gasteiger partial charge in [0.1, 0.15) is 5.00 Å².